The zero-order valence-corrected chi connectivity index (χ0v) is 15.5. The number of sulfonamides is 1. The zero-order chi connectivity index (χ0) is 18.7. The highest BCUT2D eigenvalue weighted by molar-refractivity contribution is 7.94. The number of thiophene rings is 1. The Labute approximate surface area is 159 Å². The minimum atomic E-state index is -3.71. The molecule has 0 saturated heterocycles. The van der Waals surface area contributed by atoms with Crippen LogP contribution in [0.15, 0.2) is 46.9 Å². The molecule has 0 unspecified atom stereocenters. The van der Waals surface area contributed by atoms with Crippen molar-refractivity contribution in [1.29, 1.82) is 0 Å². The number of hydrogen-bond donors (Lipinski definition) is 3. The van der Waals surface area contributed by atoms with E-state index in [2.05, 4.69) is 26.5 Å². The lowest BCUT2D eigenvalue weighted by Crippen LogP contribution is -2.11. The molecule has 0 fully saturated rings. The molecule has 0 bridgehead atoms. The third-order valence-electron chi connectivity index (χ3n) is 3.17. The maximum Gasteiger partial charge on any atom is 0.271 e. The van der Waals surface area contributed by atoms with Gasteiger partial charge in [-0.15, -0.1) is 11.3 Å². The molecule has 7 nitrogen and oxygen atoms in total. The number of anilines is 3. The van der Waals surface area contributed by atoms with Crippen LogP contribution >= 0.6 is 22.9 Å². The number of rotatable bonds is 3. The first-order valence-electron chi connectivity index (χ1n) is 7.11. The van der Waals surface area contributed by atoms with E-state index in [-0.39, 0.29) is 15.8 Å². The Hall–Kier alpha value is -2.80. The Kier molecular flexibility index (Phi) is 4.99. The maximum absolute atomic E-state index is 12.3. The second-order valence-electron chi connectivity index (χ2n) is 5.01. The first-order valence-corrected chi connectivity index (χ1v) is 9.79. The van der Waals surface area contributed by atoms with Crippen LogP contribution < -0.4 is 16.2 Å². The van der Waals surface area contributed by atoms with Gasteiger partial charge in [0.15, 0.2) is 0 Å². The largest absolute Gasteiger partial charge is 0.382 e. The van der Waals surface area contributed by atoms with E-state index in [1.54, 1.807) is 24.3 Å². The third kappa shape index (κ3) is 4.05. The van der Waals surface area contributed by atoms with Crippen molar-refractivity contribution in [2.24, 2.45) is 0 Å². The maximum atomic E-state index is 12.3. The van der Waals surface area contributed by atoms with Crippen LogP contribution in [-0.4, -0.2) is 18.4 Å². The van der Waals surface area contributed by atoms with Crippen LogP contribution in [0.25, 0.3) is 0 Å². The van der Waals surface area contributed by atoms with Gasteiger partial charge in [-0.3, -0.25) is 4.72 Å². The highest BCUT2D eigenvalue weighted by atomic mass is 35.5. The summed E-state index contributed by atoms with van der Waals surface area (Å²) in [5.74, 6) is 6.03. The van der Waals surface area contributed by atoms with Crippen LogP contribution in [0.1, 0.15) is 11.1 Å². The van der Waals surface area contributed by atoms with Gasteiger partial charge in [-0.05, 0) is 30.3 Å². The standard InChI is InChI=1S/C16H12ClN5O2S2/c17-13-6-7-14(25-13)26(23,24)22-11-3-1-2-10(8-11)4-5-12-15(18)20-9-21-16(12)19/h1-3,6-9,22H,(H4,18,19,20,21). The van der Waals surface area contributed by atoms with E-state index in [4.69, 9.17) is 23.1 Å². The summed E-state index contributed by atoms with van der Waals surface area (Å²) in [4.78, 5) is 7.67. The highest BCUT2D eigenvalue weighted by Crippen LogP contribution is 2.27. The van der Waals surface area contributed by atoms with E-state index < -0.39 is 10.0 Å². The number of nitrogen functional groups attached to an aromatic ring is 2. The minimum absolute atomic E-state index is 0.126. The summed E-state index contributed by atoms with van der Waals surface area (Å²) in [7, 11) is -3.71. The fraction of sp³-hybridized carbons (Fsp3) is 0. The number of halogens is 1. The van der Waals surface area contributed by atoms with E-state index in [1.165, 1.54) is 18.5 Å². The quantitative estimate of drug-likeness (QED) is 0.575. The molecule has 0 atom stereocenters. The predicted octanol–water partition coefficient (Wildman–Crippen LogP) is 2.56. The number of nitrogens with one attached hydrogen (secondary N) is 1. The van der Waals surface area contributed by atoms with Gasteiger partial charge in [0, 0.05) is 5.56 Å². The summed E-state index contributed by atoms with van der Waals surface area (Å²) in [6, 6.07) is 9.59. The molecule has 2 heterocycles. The summed E-state index contributed by atoms with van der Waals surface area (Å²) in [6.45, 7) is 0. The Bertz CT molecular complexity index is 1110. The normalized spacial score (nSPS) is 10.8. The Morgan fingerprint density at radius 2 is 1.81 bits per heavy atom. The van der Waals surface area contributed by atoms with Crippen LogP contribution in [0.5, 0.6) is 0 Å². The molecule has 2 aromatic heterocycles. The first-order chi connectivity index (χ1) is 12.3. The molecule has 26 heavy (non-hydrogen) atoms. The Balaban J connectivity index is 1.87. The van der Waals surface area contributed by atoms with Gasteiger partial charge in [0.05, 0.1) is 10.0 Å². The van der Waals surface area contributed by atoms with Crippen LogP contribution in [0.3, 0.4) is 0 Å². The lowest BCUT2D eigenvalue weighted by Gasteiger charge is -2.06. The molecule has 10 heteroatoms. The predicted molar refractivity (Wildman–Crippen MR) is 103 cm³/mol. The molecule has 0 radical (unpaired) electrons. The summed E-state index contributed by atoms with van der Waals surface area (Å²) in [5, 5.41) is 0. The fourth-order valence-corrected chi connectivity index (χ4v) is 4.52. The zero-order valence-electron chi connectivity index (χ0n) is 13.1. The van der Waals surface area contributed by atoms with Gasteiger partial charge < -0.3 is 11.5 Å². The van der Waals surface area contributed by atoms with Crippen molar-refractivity contribution in [2.45, 2.75) is 4.21 Å². The SMILES string of the molecule is Nc1ncnc(N)c1C#Cc1cccc(NS(=O)(=O)c2ccc(Cl)s2)c1. The molecule has 0 aliphatic rings. The minimum Gasteiger partial charge on any atom is -0.382 e. The van der Waals surface area contributed by atoms with E-state index in [0.29, 0.717) is 21.2 Å². The topological polar surface area (TPSA) is 124 Å². The number of benzene rings is 1. The van der Waals surface area contributed by atoms with E-state index in [1.807, 2.05) is 0 Å². The molecule has 3 aromatic rings. The van der Waals surface area contributed by atoms with Gasteiger partial charge in [0.1, 0.15) is 27.7 Å². The van der Waals surface area contributed by atoms with Gasteiger partial charge in [-0.25, -0.2) is 18.4 Å². The second-order valence-corrected chi connectivity index (χ2v) is 8.64. The smallest absolute Gasteiger partial charge is 0.271 e. The summed E-state index contributed by atoms with van der Waals surface area (Å²) >= 11 is 6.77. The first kappa shape index (κ1) is 18.0. The van der Waals surface area contributed by atoms with Gasteiger partial charge in [-0.1, -0.05) is 29.5 Å². The van der Waals surface area contributed by atoms with Crippen molar-refractivity contribution in [3.05, 3.63) is 58.2 Å². The molecule has 5 N–H and O–H groups in total. The van der Waals surface area contributed by atoms with E-state index in [9.17, 15) is 8.42 Å². The number of nitrogens with zero attached hydrogens (tertiary/aromatic N) is 2. The average molecular weight is 406 g/mol. The number of aromatic nitrogens is 2. The van der Waals surface area contributed by atoms with Crippen LogP contribution in [0.2, 0.25) is 4.34 Å². The summed E-state index contributed by atoms with van der Waals surface area (Å²) in [6.07, 6.45) is 1.25. The Morgan fingerprint density at radius 3 is 2.46 bits per heavy atom. The molecule has 0 aliphatic carbocycles. The summed E-state index contributed by atoms with van der Waals surface area (Å²) in [5.41, 5.74) is 12.7. The molecule has 3 rings (SSSR count). The van der Waals surface area contributed by atoms with Crippen LogP contribution in [0, 0.1) is 11.8 Å². The molecule has 0 amide bonds. The molecule has 0 aliphatic heterocycles. The average Bonchev–Trinajstić information content (AvgIpc) is 3.02. The Morgan fingerprint density at radius 1 is 1.08 bits per heavy atom. The van der Waals surface area contributed by atoms with E-state index in [0.717, 1.165) is 11.3 Å². The lowest BCUT2D eigenvalue weighted by atomic mass is 10.2. The van der Waals surface area contributed by atoms with Crippen LogP contribution in [-0.2, 0) is 10.0 Å². The third-order valence-corrected chi connectivity index (χ3v) is 6.27. The van der Waals surface area contributed by atoms with Crippen molar-refractivity contribution in [2.75, 3.05) is 16.2 Å². The van der Waals surface area contributed by atoms with Crippen LogP contribution in [0.4, 0.5) is 17.3 Å². The van der Waals surface area contributed by atoms with Gasteiger partial charge >= 0.3 is 0 Å². The molecular weight excluding hydrogens is 394 g/mol. The molecule has 0 saturated carbocycles. The van der Waals surface area contributed by atoms with Gasteiger partial charge in [0.25, 0.3) is 10.0 Å². The summed E-state index contributed by atoms with van der Waals surface area (Å²) < 4.78 is 27.7. The molecule has 132 valence electrons. The van der Waals surface area contributed by atoms with Crippen molar-refractivity contribution in [3.63, 3.8) is 0 Å². The lowest BCUT2D eigenvalue weighted by molar-refractivity contribution is 0.603. The van der Waals surface area contributed by atoms with Crippen molar-refractivity contribution >= 4 is 50.3 Å². The van der Waals surface area contributed by atoms with Crippen molar-refractivity contribution in [3.8, 4) is 11.8 Å². The van der Waals surface area contributed by atoms with Gasteiger partial charge in [-0.2, -0.15) is 0 Å². The highest BCUT2D eigenvalue weighted by Gasteiger charge is 2.16. The second kappa shape index (κ2) is 7.21. The van der Waals surface area contributed by atoms with Gasteiger partial charge in [0.2, 0.25) is 0 Å². The van der Waals surface area contributed by atoms with E-state index >= 15 is 0 Å². The number of hydrogen-bond acceptors (Lipinski definition) is 7. The number of nitrogens with two attached hydrogens (primary N) is 2. The monoisotopic (exact) mass is 405 g/mol. The molecule has 0 spiro atoms. The molecular formula is C16H12ClN5O2S2. The fourth-order valence-electron chi connectivity index (χ4n) is 1.98. The van der Waals surface area contributed by atoms with Crippen molar-refractivity contribution < 1.29 is 8.42 Å². The molecule has 1 aromatic carbocycles. The van der Waals surface area contributed by atoms with Crippen molar-refractivity contribution in [1.82, 2.24) is 9.97 Å².